The molecule has 10 heteroatoms. The Hall–Kier alpha value is -2.33. The van der Waals surface area contributed by atoms with Crippen molar-refractivity contribution >= 4 is 39.7 Å². The molecule has 0 bridgehead atoms. The Morgan fingerprint density at radius 2 is 1.85 bits per heavy atom. The van der Waals surface area contributed by atoms with Crippen LogP contribution >= 0.6 is 12.4 Å². The standard InChI is InChI=1S/C24H33N3O5S.ClH/c1-17-6-12-22(21-11-13-23(29)26-24(17)21)32-16-20(28)15-25-14-4-3-5-18-7-9-19(10-8-18)27-33(2,30)31;/h6-10,12,20,25,27-28H,3-5,11,13-16H2,1-2H3,(H,26,29);1H. The number of unbranched alkanes of at least 4 members (excludes halogenated alkanes) is 1. The van der Waals surface area contributed by atoms with Gasteiger partial charge in [0.1, 0.15) is 18.5 Å². The number of carbonyl (C=O) groups is 1. The van der Waals surface area contributed by atoms with E-state index in [9.17, 15) is 18.3 Å². The number of halogens is 1. The average Bonchev–Trinajstić information content (AvgIpc) is 2.76. The normalized spacial score (nSPS) is 13.9. The van der Waals surface area contributed by atoms with E-state index in [1.807, 2.05) is 31.2 Å². The molecule has 1 amide bonds. The first-order valence-electron chi connectivity index (χ1n) is 11.2. The molecule has 0 radical (unpaired) electrons. The quantitative estimate of drug-likeness (QED) is 0.325. The topological polar surface area (TPSA) is 117 Å². The van der Waals surface area contributed by atoms with Gasteiger partial charge in [0, 0.05) is 24.2 Å². The van der Waals surface area contributed by atoms with Crippen LogP contribution in [-0.2, 0) is 27.7 Å². The lowest BCUT2D eigenvalue weighted by Gasteiger charge is -2.23. The van der Waals surface area contributed by atoms with Crippen molar-refractivity contribution in [2.75, 3.05) is 36.0 Å². The van der Waals surface area contributed by atoms with Crippen LogP contribution in [0.5, 0.6) is 5.75 Å². The maximum Gasteiger partial charge on any atom is 0.229 e. The zero-order valence-electron chi connectivity index (χ0n) is 19.6. The van der Waals surface area contributed by atoms with Gasteiger partial charge in [-0.15, -0.1) is 12.4 Å². The van der Waals surface area contributed by atoms with Crippen LogP contribution in [0.1, 0.15) is 36.0 Å². The highest BCUT2D eigenvalue weighted by atomic mass is 35.5. The molecule has 3 rings (SSSR count). The van der Waals surface area contributed by atoms with Gasteiger partial charge in [0.25, 0.3) is 0 Å². The summed E-state index contributed by atoms with van der Waals surface area (Å²) in [5, 5.41) is 16.4. The van der Waals surface area contributed by atoms with Crippen LogP contribution in [-0.4, -0.2) is 51.5 Å². The summed E-state index contributed by atoms with van der Waals surface area (Å²) in [6.07, 6.45) is 4.44. The molecule has 1 heterocycles. The predicted octanol–water partition coefficient (Wildman–Crippen LogP) is 3.03. The van der Waals surface area contributed by atoms with Crippen LogP contribution in [0.4, 0.5) is 11.4 Å². The zero-order valence-corrected chi connectivity index (χ0v) is 21.2. The Morgan fingerprint density at radius 3 is 2.56 bits per heavy atom. The number of anilines is 2. The summed E-state index contributed by atoms with van der Waals surface area (Å²) in [5.74, 6) is 0.736. The molecular weight excluding hydrogens is 478 g/mol. The minimum Gasteiger partial charge on any atom is -0.490 e. The van der Waals surface area contributed by atoms with Gasteiger partial charge in [-0.1, -0.05) is 18.2 Å². The second kappa shape index (κ2) is 12.9. The third-order valence-corrected chi connectivity index (χ3v) is 6.09. The molecule has 1 unspecified atom stereocenters. The third-order valence-electron chi connectivity index (χ3n) is 5.48. The molecule has 0 spiro atoms. The second-order valence-electron chi connectivity index (χ2n) is 8.48. The first kappa shape index (κ1) is 27.9. The van der Waals surface area contributed by atoms with Gasteiger partial charge in [-0.2, -0.15) is 0 Å². The minimum atomic E-state index is -3.26. The Bertz CT molecular complexity index is 1060. The molecule has 34 heavy (non-hydrogen) atoms. The van der Waals surface area contributed by atoms with E-state index in [1.54, 1.807) is 12.1 Å². The number of sulfonamides is 1. The molecule has 1 aliphatic rings. The van der Waals surface area contributed by atoms with Crippen molar-refractivity contribution in [3.63, 3.8) is 0 Å². The highest BCUT2D eigenvalue weighted by Gasteiger charge is 2.20. The summed E-state index contributed by atoms with van der Waals surface area (Å²) in [6.45, 7) is 3.37. The van der Waals surface area contributed by atoms with Gasteiger partial charge in [-0.05, 0) is 68.5 Å². The van der Waals surface area contributed by atoms with E-state index >= 15 is 0 Å². The molecule has 0 aromatic heterocycles. The van der Waals surface area contributed by atoms with E-state index in [0.717, 1.165) is 54.4 Å². The summed E-state index contributed by atoms with van der Waals surface area (Å²) < 4.78 is 30.8. The highest BCUT2D eigenvalue weighted by Crippen LogP contribution is 2.34. The molecule has 2 aromatic carbocycles. The van der Waals surface area contributed by atoms with Gasteiger partial charge in [0.05, 0.1) is 11.9 Å². The van der Waals surface area contributed by atoms with E-state index in [0.29, 0.717) is 30.8 Å². The van der Waals surface area contributed by atoms with Crippen LogP contribution in [0, 0.1) is 6.92 Å². The Balaban J connectivity index is 0.00000408. The van der Waals surface area contributed by atoms with E-state index in [4.69, 9.17) is 4.74 Å². The number of benzene rings is 2. The van der Waals surface area contributed by atoms with Gasteiger partial charge < -0.3 is 20.5 Å². The number of carbonyl (C=O) groups excluding carboxylic acids is 1. The van der Waals surface area contributed by atoms with Crippen LogP contribution in [0.15, 0.2) is 36.4 Å². The fraction of sp³-hybridized carbons (Fsp3) is 0.458. The van der Waals surface area contributed by atoms with E-state index < -0.39 is 16.1 Å². The molecule has 0 saturated heterocycles. The fourth-order valence-electron chi connectivity index (χ4n) is 3.79. The number of fused-ring (bicyclic) bond motifs is 1. The summed E-state index contributed by atoms with van der Waals surface area (Å²) in [5.41, 5.74) is 4.55. The fourth-order valence-corrected chi connectivity index (χ4v) is 4.35. The van der Waals surface area contributed by atoms with Crippen molar-refractivity contribution in [2.45, 2.75) is 45.1 Å². The van der Waals surface area contributed by atoms with E-state index in [2.05, 4.69) is 15.4 Å². The largest absolute Gasteiger partial charge is 0.490 e. The second-order valence-corrected chi connectivity index (χ2v) is 10.2. The van der Waals surface area contributed by atoms with Crippen molar-refractivity contribution in [3.8, 4) is 5.75 Å². The Morgan fingerprint density at radius 1 is 1.12 bits per heavy atom. The molecule has 188 valence electrons. The van der Waals surface area contributed by atoms with Crippen molar-refractivity contribution in [1.82, 2.24) is 5.32 Å². The van der Waals surface area contributed by atoms with Gasteiger partial charge in [-0.25, -0.2) is 8.42 Å². The maximum absolute atomic E-state index is 11.7. The highest BCUT2D eigenvalue weighted by molar-refractivity contribution is 7.92. The molecule has 8 nitrogen and oxygen atoms in total. The van der Waals surface area contributed by atoms with Crippen LogP contribution in [0.25, 0.3) is 0 Å². The maximum atomic E-state index is 11.7. The summed E-state index contributed by atoms with van der Waals surface area (Å²) in [4.78, 5) is 11.7. The first-order chi connectivity index (χ1) is 15.7. The number of ether oxygens (including phenoxy) is 1. The Labute approximate surface area is 207 Å². The number of aliphatic hydroxyl groups is 1. The van der Waals surface area contributed by atoms with Gasteiger partial charge in [0.15, 0.2) is 0 Å². The SMILES string of the molecule is Cc1ccc(OCC(O)CNCCCCc2ccc(NS(C)(=O)=O)cc2)c2c1NC(=O)CC2.Cl. The number of aliphatic hydroxyl groups excluding tert-OH is 1. The summed E-state index contributed by atoms with van der Waals surface area (Å²) in [6, 6.07) is 11.2. The smallest absolute Gasteiger partial charge is 0.229 e. The summed E-state index contributed by atoms with van der Waals surface area (Å²) in [7, 11) is -3.26. The van der Waals surface area contributed by atoms with Gasteiger partial charge in [-0.3, -0.25) is 9.52 Å². The summed E-state index contributed by atoms with van der Waals surface area (Å²) >= 11 is 0. The number of rotatable bonds is 12. The lowest BCUT2D eigenvalue weighted by atomic mass is 9.98. The van der Waals surface area contributed by atoms with Crippen molar-refractivity contribution in [1.29, 1.82) is 0 Å². The van der Waals surface area contributed by atoms with E-state index in [-0.39, 0.29) is 24.9 Å². The molecule has 0 fully saturated rings. The first-order valence-corrected chi connectivity index (χ1v) is 13.1. The van der Waals surface area contributed by atoms with Crippen LogP contribution < -0.4 is 20.1 Å². The lowest BCUT2D eigenvalue weighted by molar-refractivity contribution is -0.116. The molecule has 4 N–H and O–H groups in total. The average molecular weight is 512 g/mol. The van der Waals surface area contributed by atoms with Crippen molar-refractivity contribution in [2.24, 2.45) is 0 Å². The van der Waals surface area contributed by atoms with E-state index in [1.165, 1.54) is 0 Å². The molecule has 2 aromatic rings. The van der Waals surface area contributed by atoms with Crippen LogP contribution in [0.3, 0.4) is 0 Å². The van der Waals surface area contributed by atoms with Crippen LogP contribution in [0.2, 0.25) is 0 Å². The molecular formula is C24H34ClN3O5S. The third kappa shape index (κ3) is 8.79. The number of aryl methyl sites for hydroxylation is 2. The number of hydrogen-bond donors (Lipinski definition) is 4. The number of amides is 1. The zero-order chi connectivity index (χ0) is 23.8. The molecule has 1 atom stereocenters. The number of hydrogen-bond acceptors (Lipinski definition) is 6. The minimum absolute atomic E-state index is 0. The van der Waals surface area contributed by atoms with Crippen molar-refractivity contribution < 1.29 is 23.1 Å². The van der Waals surface area contributed by atoms with Gasteiger partial charge >= 0.3 is 0 Å². The molecule has 0 aliphatic carbocycles. The Kier molecular flexibility index (Phi) is 10.6. The molecule has 0 saturated carbocycles. The van der Waals surface area contributed by atoms with Gasteiger partial charge in [0.2, 0.25) is 15.9 Å². The lowest BCUT2D eigenvalue weighted by Crippen LogP contribution is -2.32. The van der Waals surface area contributed by atoms with Crippen molar-refractivity contribution in [3.05, 3.63) is 53.1 Å². The molecule has 1 aliphatic heterocycles. The monoisotopic (exact) mass is 511 g/mol. The number of nitrogens with one attached hydrogen (secondary N) is 3. The predicted molar refractivity (Wildman–Crippen MR) is 138 cm³/mol.